The molecule has 1 aromatic heterocycles. The van der Waals surface area contributed by atoms with Gasteiger partial charge in [-0.05, 0) is 24.6 Å². The number of methoxy groups -OCH3 is 1. The van der Waals surface area contributed by atoms with Crippen LogP contribution in [0.4, 0.5) is 15.6 Å². The van der Waals surface area contributed by atoms with E-state index in [0.717, 1.165) is 19.6 Å². The molecule has 2 heterocycles. The topological polar surface area (TPSA) is 86.8 Å². The normalized spacial score (nSPS) is 14.1. The first-order valence-electron chi connectivity index (χ1n) is 10.8. The SMILES string of the molecule is COc1ccccc1NC(=O)Nc1nc(C)c(C(=O)N2CCN(Cc3ccccc3)CC2)s1. The lowest BCUT2D eigenvalue weighted by atomic mass is 10.2. The van der Waals surface area contributed by atoms with Gasteiger partial charge in [-0.1, -0.05) is 53.8 Å². The van der Waals surface area contributed by atoms with Crippen molar-refractivity contribution < 1.29 is 14.3 Å². The van der Waals surface area contributed by atoms with Gasteiger partial charge in [0.25, 0.3) is 5.91 Å². The number of benzene rings is 2. The first-order valence-corrected chi connectivity index (χ1v) is 11.6. The van der Waals surface area contributed by atoms with Gasteiger partial charge in [0.2, 0.25) is 0 Å². The standard InChI is InChI=1S/C24H27N5O3S/c1-17-21(22(30)29-14-12-28(13-15-29)16-18-8-4-3-5-9-18)33-24(25-17)27-23(31)26-19-10-6-7-11-20(19)32-2/h3-11H,12-16H2,1-2H3,(H2,25,26,27,31). The molecule has 0 bridgehead atoms. The largest absolute Gasteiger partial charge is 0.495 e. The van der Waals surface area contributed by atoms with Gasteiger partial charge in [0.1, 0.15) is 10.6 Å². The highest BCUT2D eigenvalue weighted by Gasteiger charge is 2.26. The number of amides is 3. The molecule has 9 heteroatoms. The van der Waals surface area contributed by atoms with E-state index >= 15 is 0 Å². The minimum atomic E-state index is -0.443. The molecule has 0 aliphatic carbocycles. The molecule has 0 unspecified atom stereocenters. The van der Waals surface area contributed by atoms with Crippen LogP contribution in [-0.2, 0) is 6.54 Å². The second-order valence-corrected chi connectivity index (χ2v) is 8.77. The van der Waals surface area contributed by atoms with E-state index in [1.807, 2.05) is 35.2 Å². The van der Waals surface area contributed by atoms with E-state index in [0.29, 0.717) is 40.2 Å². The minimum Gasteiger partial charge on any atom is -0.495 e. The zero-order chi connectivity index (χ0) is 23.2. The Balaban J connectivity index is 1.33. The number of anilines is 2. The van der Waals surface area contributed by atoms with Crippen molar-refractivity contribution in [3.63, 3.8) is 0 Å². The Bertz CT molecular complexity index is 1110. The number of piperazine rings is 1. The molecular weight excluding hydrogens is 438 g/mol. The molecule has 0 spiro atoms. The van der Waals surface area contributed by atoms with Gasteiger partial charge < -0.3 is 15.0 Å². The quantitative estimate of drug-likeness (QED) is 0.573. The number of aryl methyl sites for hydroxylation is 1. The molecule has 3 amide bonds. The first kappa shape index (κ1) is 22.8. The van der Waals surface area contributed by atoms with E-state index in [-0.39, 0.29) is 5.91 Å². The van der Waals surface area contributed by atoms with Crippen LogP contribution in [0.1, 0.15) is 20.9 Å². The average molecular weight is 466 g/mol. The van der Waals surface area contributed by atoms with Crippen LogP contribution in [0.15, 0.2) is 54.6 Å². The number of hydrogen-bond acceptors (Lipinski definition) is 6. The van der Waals surface area contributed by atoms with E-state index in [1.54, 1.807) is 26.2 Å². The maximum atomic E-state index is 13.1. The number of urea groups is 1. The molecule has 1 aliphatic heterocycles. The molecule has 172 valence electrons. The Morgan fingerprint density at radius 3 is 2.42 bits per heavy atom. The molecule has 0 saturated carbocycles. The first-order chi connectivity index (χ1) is 16.0. The van der Waals surface area contributed by atoms with Crippen molar-refractivity contribution in [3.8, 4) is 5.75 Å². The third-order valence-corrected chi connectivity index (χ3v) is 6.54. The third-order valence-electron chi connectivity index (χ3n) is 5.47. The fourth-order valence-corrected chi connectivity index (χ4v) is 4.67. The second-order valence-electron chi connectivity index (χ2n) is 7.77. The minimum absolute atomic E-state index is 0.0393. The molecule has 33 heavy (non-hydrogen) atoms. The summed E-state index contributed by atoms with van der Waals surface area (Å²) in [5.74, 6) is 0.521. The van der Waals surface area contributed by atoms with Crippen molar-refractivity contribution >= 4 is 34.1 Å². The van der Waals surface area contributed by atoms with Gasteiger partial charge in [-0.25, -0.2) is 9.78 Å². The monoisotopic (exact) mass is 465 g/mol. The molecule has 0 atom stereocenters. The zero-order valence-electron chi connectivity index (χ0n) is 18.7. The average Bonchev–Trinajstić information content (AvgIpc) is 3.19. The van der Waals surface area contributed by atoms with Crippen molar-refractivity contribution in [3.05, 3.63) is 70.7 Å². The van der Waals surface area contributed by atoms with E-state index in [1.165, 1.54) is 16.9 Å². The van der Waals surface area contributed by atoms with Crippen LogP contribution < -0.4 is 15.4 Å². The Morgan fingerprint density at radius 1 is 1.00 bits per heavy atom. The Hall–Kier alpha value is -3.43. The number of thiazole rings is 1. The fourth-order valence-electron chi connectivity index (χ4n) is 3.74. The molecule has 8 nitrogen and oxygen atoms in total. The number of ether oxygens (including phenoxy) is 1. The molecule has 3 aromatic rings. The van der Waals surface area contributed by atoms with E-state index in [9.17, 15) is 9.59 Å². The number of aromatic nitrogens is 1. The lowest BCUT2D eigenvalue weighted by molar-refractivity contribution is 0.0632. The summed E-state index contributed by atoms with van der Waals surface area (Å²) < 4.78 is 5.25. The summed E-state index contributed by atoms with van der Waals surface area (Å²) in [5, 5.41) is 5.85. The summed E-state index contributed by atoms with van der Waals surface area (Å²) in [5.41, 5.74) is 2.44. The predicted octanol–water partition coefficient (Wildman–Crippen LogP) is 4.06. The van der Waals surface area contributed by atoms with Crippen molar-refractivity contribution in [1.82, 2.24) is 14.8 Å². The highest BCUT2D eigenvalue weighted by atomic mass is 32.1. The van der Waals surface area contributed by atoms with E-state index < -0.39 is 6.03 Å². The number of carbonyl (C=O) groups is 2. The zero-order valence-corrected chi connectivity index (χ0v) is 19.5. The Morgan fingerprint density at radius 2 is 1.70 bits per heavy atom. The van der Waals surface area contributed by atoms with Gasteiger partial charge in [-0.2, -0.15) is 0 Å². The summed E-state index contributed by atoms with van der Waals surface area (Å²) in [6.07, 6.45) is 0. The Labute approximate surface area is 197 Å². The van der Waals surface area contributed by atoms with Crippen molar-refractivity contribution in [2.45, 2.75) is 13.5 Å². The van der Waals surface area contributed by atoms with Crippen molar-refractivity contribution in [2.24, 2.45) is 0 Å². The predicted molar refractivity (Wildman–Crippen MR) is 130 cm³/mol. The lowest BCUT2D eigenvalue weighted by Crippen LogP contribution is -2.48. The van der Waals surface area contributed by atoms with Crippen LogP contribution in [0.2, 0.25) is 0 Å². The smallest absolute Gasteiger partial charge is 0.325 e. The maximum absolute atomic E-state index is 13.1. The van der Waals surface area contributed by atoms with Crippen LogP contribution in [0.3, 0.4) is 0 Å². The molecule has 0 radical (unpaired) electrons. The number of para-hydroxylation sites is 2. The van der Waals surface area contributed by atoms with Gasteiger partial charge in [-0.15, -0.1) is 0 Å². The summed E-state index contributed by atoms with van der Waals surface area (Å²) in [6, 6.07) is 17.1. The molecule has 1 fully saturated rings. The summed E-state index contributed by atoms with van der Waals surface area (Å²) in [6.45, 7) is 5.66. The van der Waals surface area contributed by atoms with Gasteiger partial charge in [0.15, 0.2) is 5.13 Å². The number of hydrogen-bond donors (Lipinski definition) is 2. The fraction of sp³-hybridized carbons (Fsp3) is 0.292. The van der Waals surface area contributed by atoms with Crippen LogP contribution >= 0.6 is 11.3 Å². The number of nitrogens with zero attached hydrogens (tertiary/aromatic N) is 3. The number of carbonyl (C=O) groups excluding carboxylic acids is 2. The van der Waals surface area contributed by atoms with Gasteiger partial charge in [0.05, 0.1) is 18.5 Å². The van der Waals surface area contributed by atoms with Crippen LogP contribution in [0, 0.1) is 6.92 Å². The van der Waals surface area contributed by atoms with Crippen molar-refractivity contribution in [2.75, 3.05) is 43.9 Å². The number of rotatable bonds is 6. The van der Waals surface area contributed by atoms with Gasteiger partial charge in [0, 0.05) is 32.7 Å². The number of nitrogens with one attached hydrogen (secondary N) is 2. The molecule has 2 N–H and O–H groups in total. The summed E-state index contributed by atoms with van der Waals surface area (Å²) in [7, 11) is 1.54. The molecule has 1 aliphatic rings. The summed E-state index contributed by atoms with van der Waals surface area (Å²) >= 11 is 1.19. The van der Waals surface area contributed by atoms with Gasteiger partial charge in [-0.3, -0.25) is 15.0 Å². The third kappa shape index (κ3) is 5.68. The molecule has 1 saturated heterocycles. The van der Waals surface area contributed by atoms with E-state index in [4.69, 9.17) is 4.74 Å². The highest BCUT2D eigenvalue weighted by molar-refractivity contribution is 7.17. The van der Waals surface area contributed by atoms with Crippen LogP contribution in [0.5, 0.6) is 5.75 Å². The van der Waals surface area contributed by atoms with Gasteiger partial charge >= 0.3 is 6.03 Å². The van der Waals surface area contributed by atoms with Crippen LogP contribution in [0.25, 0.3) is 0 Å². The Kier molecular flexibility index (Phi) is 7.21. The van der Waals surface area contributed by atoms with E-state index in [2.05, 4.69) is 32.7 Å². The highest BCUT2D eigenvalue weighted by Crippen LogP contribution is 2.26. The second kappa shape index (κ2) is 10.5. The molecule has 2 aromatic carbocycles. The van der Waals surface area contributed by atoms with Crippen LogP contribution in [-0.4, -0.2) is 60.0 Å². The van der Waals surface area contributed by atoms with Crippen molar-refractivity contribution in [1.29, 1.82) is 0 Å². The lowest BCUT2D eigenvalue weighted by Gasteiger charge is -2.34. The maximum Gasteiger partial charge on any atom is 0.325 e. The molecular formula is C24H27N5O3S. The summed E-state index contributed by atoms with van der Waals surface area (Å²) in [4.78, 5) is 34.7. The molecule has 4 rings (SSSR count).